The number of nitrogens with zero attached hydrogens (tertiary/aromatic N) is 3. The molecule has 0 spiro atoms. The third-order valence-electron chi connectivity index (χ3n) is 3.14. The molecule has 0 saturated carbocycles. The van der Waals surface area contributed by atoms with Crippen molar-refractivity contribution in [1.29, 1.82) is 0 Å². The van der Waals surface area contributed by atoms with Crippen molar-refractivity contribution in [2.24, 2.45) is 7.05 Å². The van der Waals surface area contributed by atoms with Crippen molar-refractivity contribution in [3.05, 3.63) is 51.7 Å². The number of carboxylic acids is 1. The maximum absolute atomic E-state index is 11.6. The second-order valence-electron chi connectivity index (χ2n) is 4.53. The zero-order chi connectivity index (χ0) is 14.2. The molecular formula is C13H15N3O3. The van der Waals surface area contributed by atoms with E-state index in [4.69, 9.17) is 5.11 Å². The Morgan fingerprint density at radius 2 is 2.11 bits per heavy atom. The Bertz CT molecular complexity index is 685. The lowest BCUT2D eigenvalue weighted by atomic mass is 10.1. The molecule has 0 bridgehead atoms. The molecule has 2 rings (SSSR count). The van der Waals surface area contributed by atoms with Gasteiger partial charge in [-0.05, 0) is 13.8 Å². The van der Waals surface area contributed by atoms with Crippen molar-refractivity contribution in [3.8, 4) is 0 Å². The molecule has 6 nitrogen and oxygen atoms in total. The highest BCUT2D eigenvalue weighted by atomic mass is 16.4. The molecule has 1 atom stereocenters. The molecule has 2 aromatic heterocycles. The van der Waals surface area contributed by atoms with Crippen LogP contribution in [-0.4, -0.2) is 25.4 Å². The van der Waals surface area contributed by atoms with Crippen molar-refractivity contribution in [1.82, 2.24) is 14.3 Å². The number of aromatic carboxylic acids is 1. The first-order valence-electron chi connectivity index (χ1n) is 5.84. The fourth-order valence-corrected chi connectivity index (χ4v) is 2.04. The lowest BCUT2D eigenvalue weighted by molar-refractivity contribution is 0.0694. The Hall–Kier alpha value is -2.37. The van der Waals surface area contributed by atoms with E-state index in [9.17, 15) is 9.59 Å². The predicted molar refractivity (Wildman–Crippen MR) is 69.4 cm³/mol. The molecule has 0 fully saturated rings. The average Bonchev–Trinajstić information content (AvgIpc) is 2.74. The lowest BCUT2D eigenvalue weighted by Gasteiger charge is -2.18. The summed E-state index contributed by atoms with van der Waals surface area (Å²) in [6.45, 7) is 3.71. The monoisotopic (exact) mass is 261 g/mol. The second-order valence-corrected chi connectivity index (χ2v) is 4.53. The minimum Gasteiger partial charge on any atom is -0.477 e. The van der Waals surface area contributed by atoms with E-state index in [0.717, 1.165) is 5.56 Å². The van der Waals surface area contributed by atoms with E-state index in [1.54, 1.807) is 22.4 Å². The van der Waals surface area contributed by atoms with Gasteiger partial charge in [0.15, 0.2) is 5.43 Å². The Morgan fingerprint density at radius 1 is 1.42 bits per heavy atom. The molecule has 0 radical (unpaired) electrons. The Balaban J connectivity index is 2.53. The highest BCUT2D eigenvalue weighted by Crippen LogP contribution is 2.18. The lowest BCUT2D eigenvalue weighted by Crippen LogP contribution is -2.20. The molecule has 0 aromatic carbocycles. The summed E-state index contributed by atoms with van der Waals surface area (Å²) >= 11 is 0. The zero-order valence-corrected chi connectivity index (χ0v) is 11.0. The van der Waals surface area contributed by atoms with Crippen LogP contribution >= 0.6 is 0 Å². The topological polar surface area (TPSA) is 77.1 Å². The first-order chi connectivity index (χ1) is 8.90. The molecule has 2 heterocycles. The molecule has 19 heavy (non-hydrogen) atoms. The summed E-state index contributed by atoms with van der Waals surface area (Å²) < 4.78 is 3.45. The highest BCUT2D eigenvalue weighted by Gasteiger charge is 2.15. The van der Waals surface area contributed by atoms with Crippen molar-refractivity contribution in [2.45, 2.75) is 19.9 Å². The fourth-order valence-electron chi connectivity index (χ4n) is 2.04. The quantitative estimate of drug-likeness (QED) is 0.900. The van der Waals surface area contributed by atoms with Crippen molar-refractivity contribution in [2.75, 3.05) is 0 Å². The Morgan fingerprint density at radius 3 is 2.63 bits per heavy atom. The van der Waals surface area contributed by atoms with Crippen molar-refractivity contribution < 1.29 is 9.90 Å². The summed E-state index contributed by atoms with van der Waals surface area (Å²) in [5.41, 5.74) is 0.970. The van der Waals surface area contributed by atoms with Crippen LogP contribution in [0, 0.1) is 6.92 Å². The molecule has 0 aliphatic carbocycles. The molecule has 0 saturated heterocycles. The van der Waals surface area contributed by atoms with E-state index in [-0.39, 0.29) is 11.6 Å². The van der Waals surface area contributed by atoms with Crippen molar-refractivity contribution >= 4 is 5.97 Å². The number of carbonyl (C=O) groups is 1. The smallest absolute Gasteiger partial charge is 0.341 e. The molecular weight excluding hydrogens is 246 g/mol. The largest absolute Gasteiger partial charge is 0.477 e. The zero-order valence-electron chi connectivity index (χ0n) is 11.0. The molecule has 100 valence electrons. The first-order valence-corrected chi connectivity index (χ1v) is 5.84. The van der Waals surface area contributed by atoms with Crippen LogP contribution in [0.15, 0.2) is 29.5 Å². The Kier molecular flexibility index (Phi) is 3.25. The van der Waals surface area contributed by atoms with E-state index in [1.165, 1.54) is 12.3 Å². The summed E-state index contributed by atoms with van der Waals surface area (Å²) in [7, 11) is 1.82. The maximum atomic E-state index is 11.6. The normalized spacial score (nSPS) is 12.4. The van der Waals surface area contributed by atoms with Crippen LogP contribution in [0.5, 0.6) is 0 Å². The molecule has 0 aliphatic heterocycles. The number of aryl methyl sites for hydroxylation is 2. The number of aromatic nitrogens is 3. The molecule has 0 amide bonds. The van der Waals surface area contributed by atoms with Crippen LogP contribution < -0.4 is 5.43 Å². The highest BCUT2D eigenvalue weighted by molar-refractivity contribution is 5.87. The van der Waals surface area contributed by atoms with Gasteiger partial charge in [0.2, 0.25) is 0 Å². The van der Waals surface area contributed by atoms with Crippen LogP contribution in [0.25, 0.3) is 0 Å². The second kappa shape index (κ2) is 4.72. The van der Waals surface area contributed by atoms with Gasteiger partial charge in [0, 0.05) is 36.8 Å². The molecule has 2 aromatic rings. The minimum absolute atomic E-state index is 0.0904. The number of rotatable bonds is 3. The van der Waals surface area contributed by atoms with Gasteiger partial charge in [-0.15, -0.1) is 0 Å². The molecule has 6 heteroatoms. The third-order valence-corrected chi connectivity index (χ3v) is 3.14. The Labute approximate surface area is 109 Å². The molecule has 1 N–H and O–H groups in total. The van der Waals surface area contributed by atoms with E-state index in [1.807, 2.05) is 20.2 Å². The first kappa shape index (κ1) is 13.1. The average molecular weight is 261 g/mol. The summed E-state index contributed by atoms with van der Waals surface area (Å²) in [6.07, 6.45) is 4.98. The van der Waals surface area contributed by atoms with E-state index in [2.05, 4.69) is 5.10 Å². The summed E-state index contributed by atoms with van der Waals surface area (Å²) in [6, 6.07) is 1.25. The number of hydrogen-bond acceptors (Lipinski definition) is 3. The number of carboxylic acid groups (broad SMARTS) is 1. The number of pyridine rings is 1. The minimum atomic E-state index is -1.21. The maximum Gasteiger partial charge on any atom is 0.341 e. The van der Waals surface area contributed by atoms with Crippen LogP contribution in [-0.2, 0) is 7.05 Å². The SMILES string of the molecule is Cc1cc(=O)c(C(=O)O)cn1C(C)c1cnn(C)c1. The van der Waals surface area contributed by atoms with Gasteiger partial charge < -0.3 is 9.67 Å². The predicted octanol–water partition coefficient (Wildman–Crippen LogP) is 1.20. The fraction of sp³-hybridized carbons (Fsp3) is 0.308. The summed E-state index contributed by atoms with van der Waals surface area (Å²) in [5.74, 6) is -1.21. The van der Waals surface area contributed by atoms with Crippen molar-refractivity contribution in [3.63, 3.8) is 0 Å². The van der Waals surface area contributed by atoms with Gasteiger partial charge in [0.1, 0.15) is 5.56 Å². The van der Waals surface area contributed by atoms with Gasteiger partial charge in [-0.2, -0.15) is 5.10 Å². The summed E-state index contributed by atoms with van der Waals surface area (Å²) in [5, 5.41) is 13.1. The van der Waals surface area contributed by atoms with E-state index < -0.39 is 11.4 Å². The van der Waals surface area contributed by atoms with Crippen LogP contribution in [0.2, 0.25) is 0 Å². The third kappa shape index (κ3) is 2.42. The van der Waals surface area contributed by atoms with Crippen LogP contribution in [0.4, 0.5) is 0 Å². The van der Waals surface area contributed by atoms with Crippen LogP contribution in [0.3, 0.4) is 0 Å². The van der Waals surface area contributed by atoms with Gasteiger partial charge in [0.25, 0.3) is 0 Å². The molecule has 1 unspecified atom stereocenters. The molecule has 0 aliphatic rings. The van der Waals surface area contributed by atoms with E-state index in [0.29, 0.717) is 5.69 Å². The van der Waals surface area contributed by atoms with Gasteiger partial charge >= 0.3 is 5.97 Å². The number of hydrogen-bond donors (Lipinski definition) is 1. The van der Waals surface area contributed by atoms with Gasteiger partial charge in [-0.25, -0.2) is 4.79 Å². The van der Waals surface area contributed by atoms with Gasteiger partial charge in [-0.3, -0.25) is 9.48 Å². The van der Waals surface area contributed by atoms with Gasteiger partial charge in [0.05, 0.1) is 12.2 Å². The summed E-state index contributed by atoms with van der Waals surface area (Å²) in [4.78, 5) is 22.6. The van der Waals surface area contributed by atoms with Crippen LogP contribution in [0.1, 0.15) is 34.6 Å². The standard InChI is InChI=1S/C13H15N3O3/c1-8-4-12(17)11(13(18)19)7-16(8)9(2)10-5-14-15(3)6-10/h4-7,9H,1-3H3,(H,18,19). The van der Waals surface area contributed by atoms with E-state index >= 15 is 0 Å². The van der Waals surface area contributed by atoms with Gasteiger partial charge in [-0.1, -0.05) is 0 Å².